The average Bonchev–Trinajstić information content (AvgIpc) is 3.37. The van der Waals surface area contributed by atoms with Gasteiger partial charge in [0.25, 0.3) is 0 Å². The Morgan fingerprint density at radius 2 is 1.82 bits per heavy atom. The van der Waals surface area contributed by atoms with Crippen molar-refractivity contribution in [1.82, 2.24) is 4.98 Å². The van der Waals surface area contributed by atoms with Crippen LogP contribution in [0.3, 0.4) is 0 Å². The number of pyridine rings is 1. The van der Waals surface area contributed by atoms with Gasteiger partial charge in [-0.2, -0.15) is 0 Å². The molecular weight excluding hydrogens is 534 g/mol. The number of carbonyl (C=O) groups excluding carboxylic acids is 1. The summed E-state index contributed by atoms with van der Waals surface area (Å²) in [5.74, 6) is -1.03. The number of aromatic carboxylic acids is 1. The Morgan fingerprint density at radius 3 is 2.53 bits per heavy atom. The minimum Gasteiger partial charge on any atom is -0.545 e. The summed E-state index contributed by atoms with van der Waals surface area (Å²) in [6.45, 7) is 0.652. The van der Waals surface area contributed by atoms with Crippen LogP contribution in [0, 0.1) is 5.82 Å². The molecule has 1 aromatic heterocycles. The zero-order valence-electron chi connectivity index (χ0n) is 20.8. The van der Waals surface area contributed by atoms with Crippen molar-refractivity contribution < 1.29 is 48.6 Å². The van der Waals surface area contributed by atoms with Gasteiger partial charge in [0, 0.05) is 6.20 Å². The number of benzene rings is 3. The first-order valence-corrected chi connectivity index (χ1v) is 13.0. The van der Waals surface area contributed by atoms with Crippen LogP contribution >= 0.6 is 23.5 Å². The van der Waals surface area contributed by atoms with Gasteiger partial charge in [0.05, 0.1) is 33.8 Å². The first-order chi connectivity index (χ1) is 18.0. The molecule has 0 saturated carbocycles. The van der Waals surface area contributed by atoms with Crippen molar-refractivity contribution in [2.75, 3.05) is 4.31 Å². The monoisotopic (exact) mass is 556 g/mol. The van der Waals surface area contributed by atoms with Gasteiger partial charge in [-0.1, -0.05) is 48.0 Å². The molecule has 1 aliphatic rings. The molecule has 4 aromatic rings. The van der Waals surface area contributed by atoms with E-state index in [0.717, 1.165) is 36.2 Å². The Labute approximate surface area is 252 Å². The number of carboxylic acids is 1. The van der Waals surface area contributed by atoms with Gasteiger partial charge in [-0.05, 0) is 89.9 Å². The molecule has 9 heteroatoms. The number of hydrogen-bond acceptors (Lipinski definition) is 6. The standard InChI is InChI=1S/C29H24ClFN2O3S.Na/c30-24-8-4-9-27(28(24)31)37-33(17-23-7-1-2-14-32-23)25-15-21-5-3-6-22(21)16-26(25)36-18-19-10-12-20(13-11-19)29(34)35;/h1-2,4,7-16H,3,5-6,17-18H2,(H,34,35);/q;+1/p-1. The van der Waals surface area contributed by atoms with Crippen molar-refractivity contribution in [1.29, 1.82) is 0 Å². The molecule has 1 heterocycles. The topological polar surface area (TPSA) is 65.5 Å². The molecule has 0 saturated heterocycles. The maximum Gasteiger partial charge on any atom is 1.00 e. The number of fused-ring (bicyclic) bond motifs is 1. The van der Waals surface area contributed by atoms with E-state index in [1.807, 2.05) is 22.5 Å². The van der Waals surface area contributed by atoms with Crippen LogP contribution in [0.4, 0.5) is 10.1 Å². The van der Waals surface area contributed by atoms with Crippen LogP contribution in [0.5, 0.6) is 5.75 Å². The summed E-state index contributed by atoms with van der Waals surface area (Å²) < 4.78 is 23.2. The number of aryl methyl sites for hydroxylation is 2. The first kappa shape index (κ1) is 28.5. The Kier molecular flexibility index (Phi) is 9.74. The van der Waals surface area contributed by atoms with Gasteiger partial charge in [-0.3, -0.25) is 4.98 Å². The van der Waals surface area contributed by atoms with Crippen molar-refractivity contribution in [3.05, 3.63) is 118 Å². The SMILES string of the molecule is O=C([O-])c1ccc(COc2cc3c(cc2N(Cc2ccccn2)Sc2cccc(Cl)c2F)CCC3)cc1.[Na+]. The molecule has 0 spiro atoms. The minimum atomic E-state index is -1.22. The normalized spacial score (nSPS) is 11.9. The van der Waals surface area contributed by atoms with Crippen LogP contribution in [0.25, 0.3) is 0 Å². The molecule has 0 unspecified atom stereocenters. The molecule has 0 aliphatic heterocycles. The third kappa shape index (κ3) is 6.71. The van der Waals surface area contributed by atoms with Gasteiger partial charge in [-0.15, -0.1) is 0 Å². The second kappa shape index (κ2) is 13.0. The molecule has 188 valence electrons. The molecule has 38 heavy (non-hydrogen) atoms. The van der Waals surface area contributed by atoms with E-state index in [2.05, 4.69) is 17.1 Å². The average molecular weight is 557 g/mol. The van der Waals surface area contributed by atoms with Gasteiger partial charge in [0.15, 0.2) is 5.82 Å². The summed E-state index contributed by atoms with van der Waals surface area (Å²) in [6, 6.07) is 21.3. The van der Waals surface area contributed by atoms with Gasteiger partial charge in [0.2, 0.25) is 0 Å². The third-order valence-corrected chi connectivity index (χ3v) is 7.53. The number of carbonyl (C=O) groups is 1. The number of hydrogen-bond donors (Lipinski definition) is 0. The largest absolute Gasteiger partial charge is 1.00 e. The van der Waals surface area contributed by atoms with Crippen molar-refractivity contribution in [2.45, 2.75) is 37.3 Å². The summed E-state index contributed by atoms with van der Waals surface area (Å²) >= 11 is 7.32. The second-order valence-electron chi connectivity index (χ2n) is 8.72. The summed E-state index contributed by atoms with van der Waals surface area (Å²) in [7, 11) is 0. The smallest absolute Gasteiger partial charge is 0.545 e. The molecule has 5 nitrogen and oxygen atoms in total. The summed E-state index contributed by atoms with van der Waals surface area (Å²) in [6.07, 6.45) is 4.75. The third-order valence-electron chi connectivity index (χ3n) is 6.18. The number of aromatic nitrogens is 1. The quantitative estimate of drug-likeness (QED) is 0.233. The van der Waals surface area contributed by atoms with Gasteiger partial charge >= 0.3 is 29.6 Å². The number of halogens is 2. The molecular formula is C29H23ClFN2NaO3S. The van der Waals surface area contributed by atoms with E-state index in [4.69, 9.17) is 16.3 Å². The van der Waals surface area contributed by atoms with Gasteiger partial charge in [0.1, 0.15) is 12.4 Å². The number of ether oxygens (including phenoxy) is 1. The second-order valence-corrected chi connectivity index (χ2v) is 10.2. The number of anilines is 1. The maximum absolute atomic E-state index is 14.9. The summed E-state index contributed by atoms with van der Waals surface area (Å²) in [5, 5.41) is 11.1. The molecule has 0 radical (unpaired) electrons. The van der Waals surface area contributed by atoms with Crippen molar-refractivity contribution in [2.24, 2.45) is 0 Å². The fourth-order valence-electron chi connectivity index (χ4n) is 4.28. The molecule has 3 aromatic carbocycles. The summed E-state index contributed by atoms with van der Waals surface area (Å²) in [5.41, 5.74) is 5.05. The number of rotatable bonds is 9. The fourth-order valence-corrected chi connectivity index (χ4v) is 5.51. The van der Waals surface area contributed by atoms with Crippen molar-refractivity contribution in [3.8, 4) is 5.75 Å². The molecule has 1 aliphatic carbocycles. The van der Waals surface area contributed by atoms with Crippen LogP contribution in [-0.2, 0) is 26.0 Å². The van der Waals surface area contributed by atoms with Crippen molar-refractivity contribution in [3.63, 3.8) is 0 Å². The Morgan fingerprint density at radius 1 is 1.05 bits per heavy atom. The first-order valence-electron chi connectivity index (χ1n) is 11.9. The molecule has 0 fully saturated rings. The van der Waals surface area contributed by atoms with E-state index >= 15 is 0 Å². The van der Waals surface area contributed by atoms with Crippen LogP contribution < -0.4 is 43.7 Å². The number of carboxylic acid groups (broad SMARTS) is 1. The van der Waals surface area contributed by atoms with Gasteiger partial charge < -0.3 is 18.9 Å². The van der Waals surface area contributed by atoms with E-state index < -0.39 is 11.8 Å². The van der Waals surface area contributed by atoms with Crippen molar-refractivity contribution >= 4 is 35.2 Å². The molecule has 0 amide bonds. The number of nitrogens with zero attached hydrogens (tertiary/aromatic N) is 2. The van der Waals surface area contributed by atoms with Crippen LogP contribution in [0.2, 0.25) is 5.02 Å². The van der Waals surface area contributed by atoms with E-state index in [1.165, 1.54) is 41.3 Å². The minimum absolute atomic E-state index is 0. The summed E-state index contributed by atoms with van der Waals surface area (Å²) in [4.78, 5) is 15.9. The van der Waals surface area contributed by atoms with E-state index in [1.54, 1.807) is 30.5 Å². The molecule has 0 atom stereocenters. The molecule has 0 N–H and O–H groups in total. The zero-order chi connectivity index (χ0) is 25.8. The van der Waals surface area contributed by atoms with Crippen LogP contribution in [0.1, 0.15) is 39.2 Å². The van der Waals surface area contributed by atoms with Crippen LogP contribution in [0.15, 0.2) is 83.9 Å². The van der Waals surface area contributed by atoms with E-state index in [9.17, 15) is 14.3 Å². The van der Waals surface area contributed by atoms with E-state index in [0.29, 0.717) is 17.2 Å². The Bertz CT molecular complexity index is 1420. The zero-order valence-corrected chi connectivity index (χ0v) is 24.4. The predicted octanol–water partition coefficient (Wildman–Crippen LogP) is 3.02. The van der Waals surface area contributed by atoms with E-state index in [-0.39, 0.29) is 46.8 Å². The predicted molar refractivity (Wildman–Crippen MR) is 141 cm³/mol. The maximum atomic E-state index is 14.9. The van der Waals surface area contributed by atoms with Crippen LogP contribution in [-0.4, -0.2) is 11.0 Å². The van der Waals surface area contributed by atoms with Gasteiger partial charge in [-0.25, -0.2) is 4.39 Å². The Hall–Kier alpha value is -2.55. The fraction of sp³-hybridized carbons (Fsp3) is 0.172. The molecule has 5 rings (SSSR count). The Balaban J connectivity index is 0.00000336. The molecule has 0 bridgehead atoms.